The number of hydrogen-bond acceptors (Lipinski definition) is 4. The number of fused-ring (bicyclic) bond motifs is 1. The lowest BCUT2D eigenvalue weighted by atomic mass is 10.00. The van der Waals surface area contributed by atoms with E-state index in [1.165, 1.54) is 12.1 Å². The normalized spacial score (nSPS) is 12.0. The minimum Gasteiger partial charge on any atom is -0.493 e. The molecule has 1 heterocycles. The molecule has 4 N–H and O–H groups in total. The van der Waals surface area contributed by atoms with Gasteiger partial charge in [0.2, 0.25) is 0 Å². The van der Waals surface area contributed by atoms with E-state index in [-0.39, 0.29) is 24.9 Å². The van der Waals surface area contributed by atoms with Crippen molar-refractivity contribution in [2.75, 3.05) is 13.2 Å². The molecule has 0 spiro atoms. The molecule has 4 aromatic rings. The summed E-state index contributed by atoms with van der Waals surface area (Å²) >= 11 is 0. The lowest BCUT2D eigenvalue weighted by Crippen LogP contribution is -2.39. The topological polar surface area (TPSA) is 94.6 Å². The molecule has 35 heavy (non-hydrogen) atoms. The van der Waals surface area contributed by atoms with E-state index in [2.05, 4.69) is 10.3 Å². The van der Waals surface area contributed by atoms with Crippen LogP contribution in [-0.2, 0) is 13.0 Å². The Labute approximate surface area is 203 Å². The molecule has 7 heteroatoms. The van der Waals surface area contributed by atoms with Crippen LogP contribution in [0.25, 0.3) is 22.0 Å². The van der Waals surface area contributed by atoms with Crippen molar-refractivity contribution in [3.63, 3.8) is 0 Å². The van der Waals surface area contributed by atoms with E-state index >= 15 is 0 Å². The van der Waals surface area contributed by atoms with Crippen LogP contribution in [0.2, 0.25) is 0 Å². The van der Waals surface area contributed by atoms with Gasteiger partial charge in [0.05, 0.1) is 31.4 Å². The fourth-order valence-electron chi connectivity index (χ4n) is 4.04. The van der Waals surface area contributed by atoms with Crippen molar-refractivity contribution in [2.24, 2.45) is 0 Å². The summed E-state index contributed by atoms with van der Waals surface area (Å²) in [5, 5.41) is 22.9. The first kappa shape index (κ1) is 24.4. The smallest absolute Gasteiger partial charge is 0.255 e. The second-order valence-electron chi connectivity index (χ2n) is 8.48. The number of hydrogen-bond donors (Lipinski definition) is 4. The van der Waals surface area contributed by atoms with Gasteiger partial charge >= 0.3 is 0 Å². The lowest BCUT2D eigenvalue weighted by molar-refractivity contribution is 0.0912. The van der Waals surface area contributed by atoms with Crippen molar-refractivity contribution < 1.29 is 24.1 Å². The van der Waals surface area contributed by atoms with Crippen LogP contribution in [0.15, 0.2) is 66.9 Å². The number of rotatable bonds is 10. The van der Waals surface area contributed by atoms with Gasteiger partial charge in [-0.25, -0.2) is 4.39 Å². The number of aromatic nitrogens is 1. The maximum atomic E-state index is 13.8. The van der Waals surface area contributed by atoms with Gasteiger partial charge in [-0.05, 0) is 65.4 Å². The van der Waals surface area contributed by atoms with Crippen molar-refractivity contribution in [1.29, 1.82) is 0 Å². The summed E-state index contributed by atoms with van der Waals surface area (Å²) in [5.41, 5.74) is 4.50. The molecule has 0 aliphatic rings. The van der Waals surface area contributed by atoms with E-state index in [1.54, 1.807) is 24.4 Å². The zero-order valence-corrected chi connectivity index (χ0v) is 19.6. The predicted octanol–water partition coefficient (Wildman–Crippen LogP) is 4.59. The van der Waals surface area contributed by atoms with Crippen LogP contribution >= 0.6 is 0 Å². The average molecular weight is 477 g/mol. The molecule has 0 fully saturated rings. The maximum Gasteiger partial charge on any atom is 0.255 e. The molecule has 4 rings (SSSR count). The van der Waals surface area contributed by atoms with Gasteiger partial charge in [0.25, 0.3) is 5.91 Å². The molecule has 1 unspecified atom stereocenters. The molecule has 0 bridgehead atoms. The third kappa shape index (κ3) is 5.70. The third-order valence-electron chi connectivity index (χ3n) is 5.91. The van der Waals surface area contributed by atoms with Crippen LogP contribution in [0.3, 0.4) is 0 Å². The van der Waals surface area contributed by atoms with E-state index in [4.69, 9.17) is 4.74 Å². The molecule has 0 saturated heterocycles. The fraction of sp³-hybridized carbons (Fsp3) is 0.250. The summed E-state index contributed by atoms with van der Waals surface area (Å²) in [5.74, 6) is -0.245. The van der Waals surface area contributed by atoms with Gasteiger partial charge in [-0.2, -0.15) is 0 Å². The Hall–Kier alpha value is -3.68. The second-order valence-corrected chi connectivity index (χ2v) is 8.48. The van der Waals surface area contributed by atoms with Crippen LogP contribution in [0.5, 0.6) is 5.75 Å². The number of aromatic amines is 1. The number of aliphatic hydroxyl groups is 2. The third-order valence-corrected chi connectivity index (χ3v) is 5.91. The highest BCUT2D eigenvalue weighted by atomic mass is 19.1. The van der Waals surface area contributed by atoms with Crippen LogP contribution in [0, 0.1) is 5.82 Å². The van der Waals surface area contributed by atoms with Crippen LogP contribution in [0.4, 0.5) is 4.39 Å². The first-order valence-electron chi connectivity index (χ1n) is 11.7. The van der Waals surface area contributed by atoms with E-state index in [0.29, 0.717) is 24.3 Å². The number of amides is 1. The summed E-state index contributed by atoms with van der Waals surface area (Å²) in [6.45, 7) is 2.14. The van der Waals surface area contributed by atoms with E-state index < -0.39 is 6.04 Å². The van der Waals surface area contributed by atoms with Gasteiger partial charge in [0, 0.05) is 17.1 Å². The minimum absolute atomic E-state index is 0.0383. The standard InChI is InChI=1S/C28H29FN2O4/c1-2-11-35-27-10-7-20(19-5-3-18(16-32)4-6-19)13-25(27)28(34)31-23(17-33)12-21-15-30-26-9-8-22(29)14-24(21)26/h3-10,13-15,23,30,32-33H,2,11-12,16-17H2,1H3,(H,31,34). The number of halogens is 1. The second kappa shape index (κ2) is 11.2. The molecule has 1 atom stereocenters. The van der Waals surface area contributed by atoms with Gasteiger partial charge in [-0.3, -0.25) is 4.79 Å². The van der Waals surface area contributed by atoms with E-state index in [0.717, 1.165) is 39.6 Å². The van der Waals surface area contributed by atoms with Crippen LogP contribution < -0.4 is 10.1 Å². The quantitative estimate of drug-likeness (QED) is 0.269. The Kier molecular flexibility index (Phi) is 7.80. The zero-order valence-electron chi connectivity index (χ0n) is 19.6. The zero-order chi connectivity index (χ0) is 24.8. The first-order valence-corrected chi connectivity index (χ1v) is 11.7. The van der Waals surface area contributed by atoms with Gasteiger partial charge in [0.15, 0.2) is 0 Å². The first-order chi connectivity index (χ1) is 17.0. The molecule has 0 saturated carbocycles. The maximum absolute atomic E-state index is 13.8. The Morgan fingerprint density at radius 1 is 1.06 bits per heavy atom. The number of aliphatic hydroxyl groups excluding tert-OH is 2. The number of ether oxygens (including phenoxy) is 1. The molecule has 0 radical (unpaired) electrons. The highest BCUT2D eigenvalue weighted by molar-refractivity contribution is 5.98. The van der Waals surface area contributed by atoms with E-state index in [1.807, 2.05) is 37.3 Å². The number of benzene rings is 3. The van der Waals surface area contributed by atoms with Gasteiger partial charge in [-0.15, -0.1) is 0 Å². The molecule has 182 valence electrons. The lowest BCUT2D eigenvalue weighted by Gasteiger charge is -2.18. The number of H-pyrrole nitrogens is 1. The summed E-state index contributed by atoms with van der Waals surface area (Å²) in [4.78, 5) is 16.4. The fourth-order valence-corrected chi connectivity index (χ4v) is 4.04. The molecular weight excluding hydrogens is 447 g/mol. The Bertz CT molecular complexity index is 1300. The monoisotopic (exact) mass is 476 g/mol. The van der Waals surface area contributed by atoms with E-state index in [9.17, 15) is 19.4 Å². The molecule has 6 nitrogen and oxygen atoms in total. The van der Waals surface area contributed by atoms with Crippen molar-refractivity contribution in [3.8, 4) is 16.9 Å². The van der Waals surface area contributed by atoms with Gasteiger partial charge in [-0.1, -0.05) is 37.3 Å². The molecule has 3 aromatic carbocycles. The summed E-state index contributed by atoms with van der Waals surface area (Å²) in [6.07, 6.45) is 2.90. The highest BCUT2D eigenvalue weighted by Gasteiger charge is 2.20. The summed E-state index contributed by atoms with van der Waals surface area (Å²) < 4.78 is 19.6. The van der Waals surface area contributed by atoms with Gasteiger partial charge in [0.1, 0.15) is 11.6 Å². The summed E-state index contributed by atoms with van der Waals surface area (Å²) in [6, 6.07) is 16.8. The Morgan fingerprint density at radius 2 is 1.83 bits per heavy atom. The molecule has 1 aromatic heterocycles. The van der Waals surface area contributed by atoms with Crippen molar-refractivity contribution in [3.05, 3.63) is 89.4 Å². The number of carbonyl (C=O) groups excluding carboxylic acids is 1. The van der Waals surface area contributed by atoms with Crippen molar-refractivity contribution in [2.45, 2.75) is 32.4 Å². The van der Waals surface area contributed by atoms with Crippen molar-refractivity contribution >= 4 is 16.8 Å². The van der Waals surface area contributed by atoms with Crippen molar-refractivity contribution in [1.82, 2.24) is 10.3 Å². The molecular formula is C28H29FN2O4. The molecule has 1 amide bonds. The summed E-state index contributed by atoms with van der Waals surface area (Å²) in [7, 11) is 0. The Balaban J connectivity index is 1.59. The van der Waals surface area contributed by atoms with Crippen LogP contribution in [-0.4, -0.2) is 40.4 Å². The highest BCUT2D eigenvalue weighted by Crippen LogP contribution is 2.28. The number of nitrogens with one attached hydrogen (secondary N) is 2. The average Bonchev–Trinajstić information content (AvgIpc) is 3.28. The molecule has 0 aliphatic carbocycles. The Morgan fingerprint density at radius 3 is 2.54 bits per heavy atom. The van der Waals surface area contributed by atoms with Crippen LogP contribution in [0.1, 0.15) is 34.8 Å². The largest absolute Gasteiger partial charge is 0.493 e. The predicted molar refractivity (Wildman–Crippen MR) is 134 cm³/mol. The number of carbonyl (C=O) groups is 1. The SMILES string of the molecule is CCCOc1ccc(-c2ccc(CO)cc2)cc1C(=O)NC(CO)Cc1c[nH]c2ccc(F)cc12. The molecule has 0 aliphatic heterocycles. The minimum atomic E-state index is -0.573. The van der Waals surface area contributed by atoms with Gasteiger partial charge < -0.3 is 25.3 Å².